The highest BCUT2D eigenvalue weighted by Crippen LogP contribution is 2.31. The number of fused-ring (bicyclic) bond motifs is 1. The van der Waals surface area contributed by atoms with Crippen molar-refractivity contribution >= 4 is 28.3 Å². The van der Waals surface area contributed by atoms with Gasteiger partial charge in [-0.2, -0.15) is 0 Å². The number of nitrogens with one attached hydrogen (secondary N) is 1. The molecule has 0 saturated carbocycles. The first-order valence-corrected chi connectivity index (χ1v) is 9.35. The van der Waals surface area contributed by atoms with Crippen LogP contribution in [0.25, 0.3) is 10.8 Å². The molecule has 30 heavy (non-hydrogen) atoms. The van der Waals surface area contributed by atoms with E-state index in [1.165, 1.54) is 6.20 Å². The quantitative estimate of drug-likeness (QED) is 0.511. The van der Waals surface area contributed by atoms with E-state index >= 15 is 0 Å². The largest absolute Gasteiger partial charge is 0.457 e. The molecule has 0 fully saturated rings. The van der Waals surface area contributed by atoms with Crippen LogP contribution < -0.4 is 15.8 Å². The summed E-state index contributed by atoms with van der Waals surface area (Å²) in [4.78, 5) is 28.0. The summed E-state index contributed by atoms with van der Waals surface area (Å²) in [7, 11) is 0. The maximum atomic E-state index is 12.5. The summed E-state index contributed by atoms with van der Waals surface area (Å²) in [6, 6.07) is 22.0. The zero-order chi connectivity index (χ0) is 21.1. The van der Waals surface area contributed by atoms with Crippen LogP contribution >= 0.6 is 0 Å². The zero-order valence-electron chi connectivity index (χ0n) is 16.3. The number of carbonyl (C=O) groups is 2. The molecule has 6 heteroatoms. The Morgan fingerprint density at radius 3 is 2.53 bits per heavy atom. The number of aromatic nitrogens is 1. The normalized spacial score (nSPS) is 10.6. The number of amides is 2. The minimum absolute atomic E-state index is 0.171. The molecule has 148 valence electrons. The summed E-state index contributed by atoms with van der Waals surface area (Å²) in [5.41, 5.74) is 7.42. The van der Waals surface area contributed by atoms with Gasteiger partial charge in [0, 0.05) is 28.4 Å². The van der Waals surface area contributed by atoms with Crippen LogP contribution in [0.1, 0.15) is 26.4 Å². The molecule has 0 saturated heterocycles. The molecule has 3 N–H and O–H groups in total. The molecule has 1 aromatic heterocycles. The van der Waals surface area contributed by atoms with E-state index < -0.39 is 5.91 Å². The molecule has 0 aliphatic carbocycles. The van der Waals surface area contributed by atoms with Gasteiger partial charge in [0.25, 0.3) is 11.8 Å². The van der Waals surface area contributed by atoms with E-state index in [1.54, 1.807) is 25.1 Å². The van der Waals surface area contributed by atoms with E-state index in [9.17, 15) is 9.59 Å². The molecule has 0 spiro atoms. The van der Waals surface area contributed by atoms with E-state index in [-0.39, 0.29) is 11.6 Å². The van der Waals surface area contributed by atoms with Crippen molar-refractivity contribution in [3.05, 3.63) is 95.8 Å². The summed E-state index contributed by atoms with van der Waals surface area (Å²) in [5, 5.41) is 4.75. The van der Waals surface area contributed by atoms with Gasteiger partial charge in [0.15, 0.2) is 0 Å². The van der Waals surface area contributed by atoms with Gasteiger partial charge in [0.1, 0.15) is 17.2 Å². The summed E-state index contributed by atoms with van der Waals surface area (Å²) in [5.74, 6) is 0.329. The van der Waals surface area contributed by atoms with E-state index in [2.05, 4.69) is 10.3 Å². The molecule has 6 nitrogen and oxygen atoms in total. The lowest BCUT2D eigenvalue weighted by Crippen LogP contribution is -2.15. The third kappa shape index (κ3) is 3.84. The van der Waals surface area contributed by atoms with Crippen molar-refractivity contribution < 1.29 is 14.3 Å². The van der Waals surface area contributed by atoms with Crippen molar-refractivity contribution in [2.45, 2.75) is 6.92 Å². The third-order valence-electron chi connectivity index (χ3n) is 4.75. The molecule has 0 bridgehead atoms. The Bertz CT molecular complexity index is 1250. The van der Waals surface area contributed by atoms with Gasteiger partial charge in [-0.05, 0) is 54.8 Å². The van der Waals surface area contributed by atoms with Gasteiger partial charge in [-0.25, -0.2) is 0 Å². The van der Waals surface area contributed by atoms with Crippen LogP contribution in [-0.2, 0) is 0 Å². The molecule has 0 atom stereocenters. The van der Waals surface area contributed by atoms with Gasteiger partial charge in [-0.1, -0.05) is 30.3 Å². The fourth-order valence-corrected chi connectivity index (χ4v) is 3.22. The first kappa shape index (κ1) is 19.1. The molecule has 0 unspecified atom stereocenters. The third-order valence-corrected chi connectivity index (χ3v) is 4.75. The fraction of sp³-hybridized carbons (Fsp3) is 0.0417. The molecule has 3 aromatic carbocycles. The van der Waals surface area contributed by atoms with Crippen molar-refractivity contribution in [3.63, 3.8) is 0 Å². The van der Waals surface area contributed by atoms with Gasteiger partial charge < -0.3 is 15.8 Å². The molecule has 4 aromatic rings. The maximum Gasteiger partial charge on any atom is 0.267 e. The Labute approximate surface area is 173 Å². The van der Waals surface area contributed by atoms with Crippen LogP contribution in [0.5, 0.6) is 11.5 Å². The highest BCUT2D eigenvalue weighted by molar-refractivity contribution is 6.09. The Balaban J connectivity index is 1.63. The van der Waals surface area contributed by atoms with Gasteiger partial charge in [-0.15, -0.1) is 0 Å². The van der Waals surface area contributed by atoms with E-state index in [4.69, 9.17) is 10.5 Å². The maximum absolute atomic E-state index is 12.5. The molecular formula is C24H19N3O3. The smallest absolute Gasteiger partial charge is 0.267 e. The second-order valence-corrected chi connectivity index (χ2v) is 6.76. The van der Waals surface area contributed by atoms with Crippen LogP contribution in [-0.4, -0.2) is 16.8 Å². The van der Waals surface area contributed by atoms with E-state index in [1.807, 2.05) is 54.6 Å². The summed E-state index contributed by atoms with van der Waals surface area (Å²) < 4.78 is 5.96. The number of nitrogens with two attached hydrogens (primary N) is 1. The Kier molecular flexibility index (Phi) is 5.13. The molecule has 2 amide bonds. The monoisotopic (exact) mass is 397 g/mol. The molecule has 0 radical (unpaired) electrons. The standard InChI is InChI=1S/C24H19N3O3/c1-15-21(12-13-26-22(15)23(25)28)30-18-10-11-19-17(14-18)8-5-9-20(19)27-24(29)16-6-3-2-4-7-16/h2-14H,1H3,(H2,25,28)(H,27,29). The van der Waals surface area contributed by atoms with Crippen LogP contribution in [0, 0.1) is 6.92 Å². The van der Waals surface area contributed by atoms with Gasteiger partial charge in [0.2, 0.25) is 0 Å². The number of benzene rings is 3. The number of anilines is 1. The van der Waals surface area contributed by atoms with Gasteiger partial charge in [-0.3, -0.25) is 14.6 Å². The van der Waals surface area contributed by atoms with Gasteiger partial charge >= 0.3 is 0 Å². The molecular weight excluding hydrogens is 378 g/mol. The average molecular weight is 397 g/mol. The number of nitrogens with zero attached hydrogens (tertiary/aromatic N) is 1. The molecule has 0 aliphatic heterocycles. The minimum Gasteiger partial charge on any atom is -0.457 e. The van der Waals surface area contributed by atoms with E-state index in [0.717, 1.165) is 10.8 Å². The average Bonchev–Trinajstić information content (AvgIpc) is 2.75. The molecule has 0 aliphatic rings. The number of pyridine rings is 1. The van der Waals surface area contributed by atoms with Crippen LogP contribution in [0.15, 0.2) is 79.0 Å². The Morgan fingerprint density at radius 1 is 0.967 bits per heavy atom. The zero-order valence-corrected chi connectivity index (χ0v) is 16.3. The van der Waals surface area contributed by atoms with Crippen molar-refractivity contribution in [2.24, 2.45) is 5.73 Å². The summed E-state index contributed by atoms with van der Waals surface area (Å²) in [6.45, 7) is 1.74. The molecule has 1 heterocycles. The van der Waals surface area contributed by atoms with Gasteiger partial charge in [0.05, 0.1) is 0 Å². The van der Waals surface area contributed by atoms with Crippen molar-refractivity contribution in [1.82, 2.24) is 4.98 Å². The number of hydrogen-bond donors (Lipinski definition) is 2. The summed E-state index contributed by atoms with van der Waals surface area (Å²) in [6.07, 6.45) is 1.49. The number of hydrogen-bond acceptors (Lipinski definition) is 4. The predicted molar refractivity (Wildman–Crippen MR) is 116 cm³/mol. The van der Waals surface area contributed by atoms with Crippen molar-refractivity contribution in [2.75, 3.05) is 5.32 Å². The lowest BCUT2D eigenvalue weighted by Gasteiger charge is -2.13. The number of rotatable bonds is 5. The minimum atomic E-state index is -0.602. The molecule has 4 rings (SSSR count). The number of carbonyl (C=O) groups excluding carboxylic acids is 2. The highest BCUT2D eigenvalue weighted by atomic mass is 16.5. The van der Waals surface area contributed by atoms with Crippen LogP contribution in [0.4, 0.5) is 5.69 Å². The van der Waals surface area contributed by atoms with Crippen LogP contribution in [0.3, 0.4) is 0 Å². The predicted octanol–water partition coefficient (Wildman–Crippen LogP) is 4.69. The number of primary amides is 1. The van der Waals surface area contributed by atoms with Crippen LogP contribution in [0.2, 0.25) is 0 Å². The first-order valence-electron chi connectivity index (χ1n) is 9.35. The summed E-state index contributed by atoms with van der Waals surface area (Å²) >= 11 is 0. The van der Waals surface area contributed by atoms with Crippen molar-refractivity contribution in [1.29, 1.82) is 0 Å². The highest BCUT2D eigenvalue weighted by Gasteiger charge is 2.13. The Morgan fingerprint density at radius 2 is 1.77 bits per heavy atom. The van der Waals surface area contributed by atoms with Crippen molar-refractivity contribution in [3.8, 4) is 11.5 Å². The second-order valence-electron chi connectivity index (χ2n) is 6.76. The topological polar surface area (TPSA) is 94.3 Å². The van der Waals surface area contributed by atoms with E-state index in [0.29, 0.717) is 28.3 Å². The first-order chi connectivity index (χ1) is 14.5. The number of ether oxygens (including phenoxy) is 1. The second kappa shape index (κ2) is 8.05. The lowest BCUT2D eigenvalue weighted by molar-refractivity contribution is 0.0992. The Hall–Kier alpha value is -4.19. The lowest BCUT2D eigenvalue weighted by atomic mass is 10.1. The fourth-order valence-electron chi connectivity index (χ4n) is 3.22. The SMILES string of the molecule is Cc1c(Oc2ccc3c(NC(=O)c4ccccc4)cccc3c2)ccnc1C(N)=O.